The third-order valence-electron chi connectivity index (χ3n) is 4.36. The molecule has 0 heterocycles. The van der Waals surface area contributed by atoms with Gasteiger partial charge in [-0.25, -0.2) is 0 Å². The molecule has 0 fully saturated rings. The summed E-state index contributed by atoms with van der Waals surface area (Å²) in [7, 11) is -0.335. The molecule has 0 saturated heterocycles. The zero-order valence-electron chi connectivity index (χ0n) is 14.8. The van der Waals surface area contributed by atoms with Crippen LogP contribution in [0.4, 0.5) is 0 Å². The van der Waals surface area contributed by atoms with Gasteiger partial charge in [0.25, 0.3) is 0 Å². The number of hydrogen-bond acceptors (Lipinski definition) is 4. The lowest BCUT2D eigenvalue weighted by Gasteiger charge is -2.36. The first-order valence-electron chi connectivity index (χ1n) is 7.50. The lowest BCUT2D eigenvalue weighted by Crippen LogP contribution is -2.40. The van der Waals surface area contributed by atoms with Gasteiger partial charge in [0.15, 0.2) is 8.32 Å². The number of esters is 1. The predicted octanol–water partition coefficient (Wildman–Crippen LogP) is 4.78. The molecule has 0 spiro atoms. The van der Waals surface area contributed by atoms with Crippen LogP contribution in [0, 0.1) is 6.92 Å². The molecule has 124 valence electrons. The van der Waals surface area contributed by atoms with Crippen molar-refractivity contribution < 1.29 is 14.0 Å². The Labute approximate surface area is 139 Å². The van der Waals surface area contributed by atoms with Crippen molar-refractivity contribution in [3.63, 3.8) is 0 Å². The molecule has 0 bridgehead atoms. The van der Waals surface area contributed by atoms with Crippen LogP contribution in [-0.4, -0.2) is 27.1 Å². The third kappa shape index (κ3) is 5.14. The van der Waals surface area contributed by atoms with Gasteiger partial charge < -0.3 is 9.16 Å². The minimum atomic E-state index is -1.75. The Bertz CT molecular complexity index is 521. The summed E-state index contributed by atoms with van der Waals surface area (Å²) >= 11 is 1.51. The van der Waals surface area contributed by atoms with Crippen molar-refractivity contribution in [2.45, 2.75) is 57.3 Å². The fraction of sp³-hybridized carbons (Fsp3) is 0.588. The summed E-state index contributed by atoms with van der Waals surface area (Å²) in [6, 6.07) is 6.17. The van der Waals surface area contributed by atoms with Crippen LogP contribution in [0.15, 0.2) is 23.1 Å². The van der Waals surface area contributed by atoms with E-state index in [0.717, 1.165) is 4.90 Å². The summed E-state index contributed by atoms with van der Waals surface area (Å²) in [5.41, 5.74) is 2.38. The summed E-state index contributed by atoms with van der Waals surface area (Å²) in [5, 5.41) is 0.206. The molecule has 0 aromatic heterocycles. The highest BCUT2D eigenvalue weighted by Crippen LogP contribution is 2.37. The van der Waals surface area contributed by atoms with Gasteiger partial charge in [0.1, 0.15) is 0 Å². The van der Waals surface area contributed by atoms with Crippen LogP contribution in [0.25, 0.3) is 0 Å². The molecule has 5 heteroatoms. The smallest absolute Gasteiger partial charge is 0.315 e. The summed E-state index contributed by atoms with van der Waals surface area (Å²) in [6.45, 7) is 14.0. The summed E-state index contributed by atoms with van der Waals surface area (Å²) in [5.74, 6) is 0.136. The van der Waals surface area contributed by atoms with Crippen molar-refractivity contribution in [2.75, 3.05) is 12.9 Å². The maximum atomic E-state index is 11.3. The van der Waals surface area contributed by atoms with Gasteiger partial charge >= 0.3 is 5.97 Å². The van der Waals surface area contributed by atoms with Crippen LogP contribution < -0.4 is 0 Å². The molecule has 1 aromatic rings. The van der Waals surface area contributed by atoms with Crippen molar-refractivity contribution in [1.29, 1.82) is 0 Å². The minimum Gasteiger partial charge on any atom is -0.468 e. The van der Waals surface area contributed by atoms with Gasteiger partial charge in [-0.3, -0.25) is 4.79 Å². The van der Waals surface area contributed by atoms with Gasteiger partial charge in [-0.05, 0) is 42.2 Å². The molecule has 0 amide bonds. The highest BCUT2D eigenvalue weighted by molar-refractivity contribution is 8.00. The van der Waals surface area contributed by atoms with E-state index in [4.69, 9.17) is 9.16 Å². The molecule has 1 aromatic carbocycles. The minimum absolute atomic E-state index is 0.202. The lowest BCUT2D eigenvalue weighted by molar-refractivity contribution is -0.137. The first kappa shape index (κ1) is 19.3. The molecule has 1 rings (SSSR count). The third-order valence-corrected chi connectivity index (χ3v) is 9.98. The fourth-order valence-electron chi connectivity index (χ4n) is 1.64. The number of ether oxygens (including phenoxy) is 1. The lowest BCUT2D eigenvalue weighted by atomic mass is 10.1. The molecule has 0 aliphatic carbocycles. The van der Waals surface area contributed by atoms with E-state index in [-0.39, 0.29) is 11.0 Å². The standard InChI is InChI=1S/C17H28O3SSi/c1-13-14(11-20-22(6,7)17(2,3)4)9-8-10-15(13)21-12-16(18)19-5/h8-10H,11-12H2,1-7H3. The summed E-state index contributed by atoms with van der Waals surface area (Å²) in [4.78, 5) is 12.4. The average molecular weight is 341 g/mol. The second kappa shape index (κ2) is 7.66. The van der Waals surface area contributed by atoms with E-state index in [2.05, 4.69) is 46.9 Å². The highest BCUT2D eigenvalue weighted by atomic mass is 32.2. The first-order chi connectivity index (χ1) is 10.1. The van der Waals surface area contributed by atoms with E-state index in [0.29, 0.717) is 12.4 Å². The number of carbonyl (C=O) groups excluding carboxylic acids is 1. The normalized spacial score (nSPS) is 12.3. The molecular formula is C17H28O3SSi. The SMILES string of the molecule is COC(=O)CSc1cccc(CO[Si](C)(C)C(C)(C)C)c1C. The van der Waals surface area contributed by atoms with Gasteiger partial charge in [-0.15, -0.1) is 11.8 Å². The number of methoxy groups -OCH3 is 1. The van der Waals surface area contributed by atoms with Gasteiger partial charge in [0.05, 0.1) is 19.5 Å². The van der Waals surface area contributed by atoms with E-state index in [1.165, 1.54) is 30.0 Å². The Kier molecular flexibility index (Phi) is 6.71. The van der Waals surface area contributed by atoms with Crippen molar-refractivity contribution in [2.24, 2.45) is 0 Å². The fourth-order valence-corrected chi connectivity index (χ4v) is 3.51. The Morgan fingerprint density at radius 1 is 1.27 bits per heavy atom. The Balaban J connectivity index is 2.79. The highest BCUT2D eigenvalue weighted by Gasteiger charge is 2.37. The van der Waals surface area contributed by atoms with E-state index in [1.54, 1.807) is 0 Å². The van der Waals surface area contributed by atoms with Crippen LogP contribution in [0.1, 0.15) is 31.9 Å². The molecule has 0 atom stereocenters. The van der Waals surface area contributed by atoms with Gasteiger partial charge in [0, 0.05) is 4.90 Å². The monoisotopic (exact) mass is 340 g/mol. The van der Waals surface area contributed by atoms with Gasteiger partial charge in [-0.1, -0.05) is 32.9 Å². The molecular weight excluding hydrogens is 312 g/mol. The largest absolute Gasteiger partial charge is 0.468 e. The molecule has 3 nitrogen and oxygen atoms in total. The predicted molar refractivity (Wildman–Crippen MR) is 95.9 cm³/mol. The van der Waals surface area contributed by atoms with E-state index in [1.807, 2.05) is 12.1 Å². The first-order valence-corrected chi connectivity index (χ1v) is 11.4. The molecule has 0 saturated carbocycles. The zero-order valence-corrected chi connectivity index (χ0v) is 16.6. The molecule has 0 radical (unpaired) electrons. The van der Waals surface area contributed by atoms with Gasteiger partial charge in [0.2, 0.25) is 0 Å². The molecule has 0 N–H and O–H groups in total. The second-order valence-electron chi connectivity index (χ2n) is 6.95. The Hall–Kier alpha value is -0.783. The maximum absolute atomic E-state index is 11.3. The number of thioether (sulfide) groups is 1. The van der Waals surface area contributed by atoms with Crippen molar-refractivity contribution in [3.05, 3.63) is 29.3 Å². The van der Waals surface area contributed by atoms with E-state index >= 15 is 0 Å². The molecule has 22 heavy (non-hydrogen) atoms. The summed E-state index contributed by atoms with van der Waals surface area (Å²) < 4.78 is 11.0. The molecule has 0 unspecified atom stereocenters. The van der Waals surface area contributed by atoms with Crippen molar-refractivity contribution >= 4 is 26.0 Å². The number of rotatable bonds is 6. The molecule has 0 aliphatic rings. The summed E-state index contributed by atoms with van der Waals surface area (Å²) in [6.07, 6.45) is 0. The second-order valence-corrected chi connectivity index (χ2v) is 12.8. The van der Waals surface area contributed by atoms with Crippen LogP contribution in [0.3, 0.4) is 0 Å². The Morgan fingerprint density at radius 2 is 1.91 bits per heavy atom. The van der Waals surface area contributed by atoms with Crippen LogP contribution >= 0.6 is 11.8 Å². The maximum Gasteiger partial charge on any atom is 0.315 e. The molecule has 0 aliphatic heterocycles. The number of carbonyl (C=O) groups is 1. The van der Waals surface area contributed by atoms with Crippen LogP contribution in [0.2, 0.25) is 18.1 Å². The Morgan fingerprint density at radius 3 is 2.45 bits per heavy atom. The zero-order chi connectivity index (χ0) is 17.0. The van der Waals surface area contributed by atoms with E-state index < -0.39 is 8.32 Å². The topological polar surface area (TPSA) is 35.5 Å². The average Bonchev–Trinajstić information content (AvgIpc) is 2.43. The van der Waals surface area contributed by atoms with E-state index in [9.17, 15) is 4.79 Å². The van der Waals surface area contributed by atoms with Gasteiger partial charge in [-0.2, -0.15) is 0 Å². The number of benzene rings is 1. The van der Waals surface area contributed by atoms with Crippen LogP contribution in [0.5, 0.6) is 0 Å². The van der Waals surface area contributed by atoms with Crippen molar-refractivity contribution in [1.82, 2.24) is 0 Å². The van der Waals surface area contributed by atoms with Crippen molar-refractivity contribution in [3.8, 4) is 0 Å². The number of hydrogen-bond donors (Lipinski definition) is 0. The quantitative estimate of drug-likeness (QED) is 0.424. The van der Waals surface area contributed by atoms with Crippen LogP contribution in [-0.2, 0) is 20.6 Å².